The molecule has 1 unspecified atom stereocenters. The molecule has 0 fully saturated rings. The van der Waals surface area contributed by atoms with Gasteiger partial charge in [0, 0.05) is 6.04 Å². The first-order valence-electron chi connectivity index (χ1n) is 7.68. The zero-order valence-corrected chi connectivity index (χ0v) is 12.9. The van der Waals surface area contributed by atoms with E-state index in [-0.39, 0.29) is 12.0 Å². The van der Waals surface area contributed by atoms with Crippen molar-refractivity contribution in [3.8, 4) is 0 Å². The molecule has 0 amide bonds. The van der Waals surface area contributed by atoms with Gasteiger partial charge >= 0.3 is 0 Å². The normalized spacial score (nSPS) is 15.4. The summed E-state index contributed by atoms with van der Waals surface area (Å²) in [5.74, 6) is 0.215. The summed E-state index contributed by atoms with van der Waals surface area (Å²) in [5.41, 5.74) is 9.75. The van der Waals surface area contributed by atoms with E-state index < -0.39 is 6.10 Å². The SMILES string of the molecule is CCc1ccc(CC(C)[C@@H](N)[C@H](O)c2ccccc2)cc1. The number of benzene rings is 2. The predicted octanol–water partition coefficient (Wildman–Crippen LogP) is 3.49. The van der Waals surface area contributed by atoms with Crippen LogP contribution in [0.1, 0.15) is 36.6 Å². The minimum absolute atomic E-state index is 0.215. The fraction of sp³-hybridized carbons (Fsp3) is 0.368. The topological polar surface area (TPSA) is 46.2 Å². The lowest BCUT2D eigenvalue weighted by Gasteiger charge is -2.25. The second-order valence-corrected chi connectivity index (χ2v) is 5.78. The summed E-state index contributed by atoms with van der Waals surface area (Å²) in [6.07, 6.45) is 1.33. The van der Waals surface area contributed by atoms with Gasteiger partial charge in [-0.25, -0.2) is 0 Å². The van der Waals surface area contributed by atoms with E-state index in [4.69, 9.17) is 5.73 Å². The van der Waals surface area contributed by atoms with Crippen LogP contribution >= 0.6 is 0 Å². The van der Waals surface area contributed by atoms with Crippen molar-refractivity contribution in [3.05, 3.63) is 71.3 Å². The van der Waals surface area contributed by atoms with Gasteiger partial charge in [0.25, 0.3) is 0 Å². The minimum Gasteiger partial charge on any atom is -0.387 e. The van der Waals surface area contributed by atoms with E-state index in [1.807, 2.05) is 30.3 Å². The van der Waals surface area contributed by atoms with Crippen molar-refractivity contribution >= 4 is 0 Å². The first kappa shape index (κ1) is 15.7. The predicted molar refractivity (Wildman–Crippen MR) is 88.1 cm³/mol. The number of hydrogen-bond acceptors (Lipinski definition) is 2. The summed E-state index contributed by atoms with van der Waals surface area (Å²) in [4.78, 5) is 0. The molecule has 2 aromatic rings. The van der Waals surface area contributed by atoms with Gasteiger partial charge in [-0.3, -0.25) is 0 Å². The molecule has 2 heteroatoms. The summed E-state index contributed by atoms with van der Waals surface area (Å²) < 4.78 is 0. The van der Waals surface area contributed by atoms with E-state index in [1.54, 1.807) is 0 Å². The number of aliphatic hydroxyl groups is 1. The maximum atomic E-state index is 10.4. The monoisotopic (exact) mass is 283 g/mol. The van der Waals surface area contributed by atoms with E-state index >= 15 is 0 Å². The van der Waals surface area contributed by atoms with Crippen molar-refractivity contribution in [2.75, 3.05) is 0 Å². The van der Waals surface area contributed by atoms with Crippen LogP contribution in [0.15, 0.2) is 54.6 Å². The van der Waals surface area contributed by atoms with Crippen LogP contribution in [0, 0.1) is 5.92 Å². The third-order valence-corrected chi connectivity index (χ3v) is 4.15. The van der Waals surface area contributed by atoms with Gasteiger partial charge in [0.1, 0.15) is 0 Å². The molecule has 0 heterocycles. The molecule has 0 bridgehead atoms. The lowest BCUT2D eigenvalue weighted by Crippen LogP contribution is -2.36. The number of hydrogen-bond donors (Lipinski definition) is 2. The third-order valence-electron chi connectivity index (χ3n) is 4.15. The van der Waals surface area contributed by atoms with Crippen LogP contribution in [0.4, 0.5) is 0 Å². The molecule has 0 aliphatic carbocycles. The number of aryl methyl sites for hydroxylation is 1. The molecule has 0 spiro atoms. The van der Waals surface area contributed by atoms with Gasteiger partial charge in [0.05, 0.1) is 6.10 Å². The average Bonchev–Trinajstić information content (AvgIpc) is 2.55. The van der Waals surface area contributed by atoms with Crippen LogP contribution in [0.25, 0.3) is 0 Å². The molecule has 0 radical (unpaired) electrons. The average molecular weight is 283 g/mol. The molecule has 21 heavy (non-hydrogen) atoms. The second-order valence-electron chi connectivity index (χ2n) is 5.78. The van der Waals surface area contributed by atoms with Crippen molar-refractivity contribution in [1.82, 2.24) is 0 Å². The Morgan fingerprint density at radius 3 is 2.10 bits per heavy atom. The second kappa shape index (κ2) is 7.39. The lowest BCUT2D eigenvalue weighted by molar-refractivity contribution is 0.121. The molecule has 2 aromatic carbocycles. The number of nitrogens with two attached hydrogens (primary N) is 1. The Kier molecular flexibility index (Phi) is 5.54. The van der Waals surface area contributed by atoms with Crippen molar-refractivity contribution in [2.45, 2.75) is 38.8 Å². The molecule has 0 saturated heterocycles. The van der Waals surface area contributed by atoms with Gasteiger partial charge < -0.3 is 10.8 Å². The molecule has 2 rings (SSSR count). The highest BCUT2D eigenvalue weighted by Crippen LogP contribution is 2.22. The van der Waals surface area contributed by atoms with Gasteiger partial charge in [-0.1, -0.05) is 68.4 Å². The third kappa shape index (κ3) is 4.16. The maximum absolute atomic E-state index is 10.4. The molecular weight excluding hydrogens is 258 g/mol. The van der Waals surface area contributed by atoms with Crippen LogP contribution in [-0.2, 0) is 12.8 Å². The Labute approximate surface area is 127 Å². The Morgan fingerprint density at radius 2 is 1.52 bits per heavy atom. The van der Waals surface area contributed by atoms with Crippen molar-refractivity contribution in [1.29, 1.82) is 0 Å². The molecule has 3 N–H and O–H groups in total. The lowest BCUT2D eigenvalue weighted by atomic mass is 9.88. The van der Waals surface area contributed by atoms with E-state index in [2.05, 4.69) is 38.1 Å². The Bertz CT molecular complexity index is 535. The molecule has 0 aromatic heterocycles. The van der Waals surface area contributed by atoms with Crippen LogP contribution in [0.3, 0.4) is 0 Å². The molecule has 0 aliphatic heterocycles. The molecule has 0 aliphatic rings. The van der Waals surface area contributed by atoms with Gasteiger partial charge in [0.15, 0.2) is 0 Å². The van der Waals surface area contributed by atoms with E-state index in [0.717, 1.165) is 18.4 Å². The summed E-state index contributed by atoms with van der Waals surface area (Å²) >= 11 is 0. The largest absolute Gasteiger partial charge is 0.387 e. The van der Waals surface area contributed by atoms with Gasteiger partial charge in [0.2, 0.25) is 0 Å². The van der Waals surface area contributed by atoms with Crippen LogP contribution in [0.5, 0.6) is 0 Å². The highest BCUT2D eigenvalue weighted by Gasteiger charge is 2.22. The molecule has 0 saturated carbocycles. The smallest absolute Gasteiger partial charge is 0.0943 e. The number of aliphatic hydroxyl groups excluding tert-OH is 1. The molecule has 3 atom stereocenters. The van der Waals surface area contributed by atoms with Crippen molar-refractivity contribution < 1.29 is 5.11 Å². The highest BCUT2D eigenvalue weighted by atomic mass is 16.3. The van der Waals surface area contributed by atoms with E-state index in [0.29, 0.717) is 0 Å². The Hall–Kier alpha value is -1.64. The standard InChI is InChI=1S/C19H25NO/c1-3-15-9-11-16(12-10-15)13-14(2)18(20)19(21)17-7-5-4-6-8-17/h4-12,14,18-19,21H,3,13,20H2,1-2H3/t14?,18-,19-/m1/s1. The van der Waals surface area contributed by atoms with Crippen LogP contribution in [-0.4, -0.2) is 11.1 Å². The summed E-state index contributed by atoms with van der Waals surface area (Å²) in [6, 6.07) is 18.1. The van der Waals surface area contributed by atoms with E-state index in [9.17, 15) is 5.11 Å². The van der Waals surface area contributed by atoms with Crippen LogP contribution < -0.4 is 5.73 Å². The first-order valence-corrected chi connectivity index (χ1v) is 7.68. The van der Waals surface area contributed by atoms with Gasteiger partial charge in [-0.2, -0.15) is 0 Å². The quantitative estimate of drug-likeness (QED) is 0.852. The number of rotatable bonds is 6. The minimum atomic E-state index is -0.615. The summed E-state index contributed by atoms with van der Waals surface area (Å²) in [6.45, 7) is 4.26. The fourth-order valence-electron chi connectivity index (χ4n) is 2.60. The first-order chi connectivity index (χ1) is 10.1. The zero-order chi connectivity index (χ0) is 15.2. The van der Waals surface area contributed by atoms with Gasteiger partial charge in [-0.15, -0.1) is 0 Å². The van der Waals surface area contributed by atoms with Crippen LogP contribution in [0.2, 0.25) is 0 Å². The Balaban J connectivity index is 2.00. The van der Waals surface area contributed by atoms with E-state index in [1.165, 1.54) is 11.1 Å². The molecular formula is C19H25NO. The summed E-state index contributed by atoms with van der Waals surface area (Å²) in [5, 5.41) is 10.4. The fourth-order valence-corrected chi connectivity index (χ4v) is 2.60. The zero-order valence-electron chi connectivity index (χ0n) is 12.9. The Morgan fingerprint density at radius 1 is 0.952 bits per heavy atom. The molecule has 2 nitrogen and oxygen atoms in total. The highest BCUT2D eigenvalue weighted by molar-refractivity contribution is 5.24. The molecule has 112 valence electrons. The maximum Gasteiger partial charge on any atom is 0.0943 e. The van der Waals surface area contributed by atoms with Crippen molar-refractivity contribution in [2.24, 2.45) is 11.7 Å². The summed E-state index contributed by atoms with van der Waals surface area (Å²) in [7, 11) is 0. The van der Waals surface area contributed by atoms with Gasteiger partial charge in [-0.05, 0) is 35.4 Å². The van der Waals surface area contributed by atoms with Crippen molar-refractivity contribution in [3.63, 3.8) is 0 Å².